The highest BCUT2D eigenvalue weighted by molar-refractivity contribution is 7.98. The van der Waals surface area contributed by atoms with Crippen molar-refractivity contribution in [2.24, 2.45) is 5.16 Å². The van der Waals surface area contributed by atoms with Crippen LogP contribution in [-0.4, -0.2) is 18.3 Å². The van der Waals surface area contributed by atoms with E-state index in [1.807, 2.05) is 30.3 Å². The number of thioether (sulfide) groups is 1. The van der Waals surface area contributed by atoms with Crippen LogP contribution in [0.1, 0.15) is 11.1 Å². The van der Waals surface area contributed by atoms with Crippen LogP contribution in [0, 0.1) is 0 Å². The third-order valence-electron chi connectivity index (χ3n) is 2.32. The summed E-state index contributed by atoms with van der Waals surface area (Å²) in [5.41, 5.74) is 2.25. The number of benzene rings is 1. The molecule has 0 unspecified atom stereocenters. The summed E-state index contributed by atoms with van der Waals surface area (Å²) in [5.74, 6) is 0.895. The maximum absolute atomic E-state index is 4.70. The highest BCUT2D eigenvalue weighted by Crippen LogP contribution is 2.23. The van der Waals surface area contributed by atoms with E-state index in [9.17, 15) is 0 Å². The Balaban J connectivity index is 2.07. The number of rotatable bonds is 5. The summed E-state index contributed by atoms with van der Waals surface area (Å²) >= 11 is 1.69. The van der Waals surface area contributed by atoms with Gasteiger partial charge in [0.25, 0.3) is 0 Å². The Morgan fingerprint density at radius 1 is 1.22 bits per heavy atom. The molecule has 0 aliphatic heterocycles. The fourth-order valence-electron chi connectivity index (χ4n) is 1.46. The van der Waals surface area contributed by atoms with Gasteiger partial charge in [-0.1, -0.05) is 35.5 Å². The minimum atomic E-state index is 0.895. The van der Waals surface area contributed by atoms with Crippen LogP contribution >= 0.6 is 11.8 Å². The maximum atomic E-state index is 4.70. The van der Waals surface area contributed by atoms with Crippen molar-refractivity contribution in [2.45, 2.75) is 10.8 Å². The molecule has 92 valence electrons. The van der Waals surface area contributed by atoms with Crippen LogP contribution in [0.15, 0.2) is 58.8 Å². The lowest BCUT2D eigenvalue weighted by molar-refractivity contribution is 0.215. The summed E-state index contributed by atoms with van der Waals surface area (Å²) < 4.78 is 0. The molecule has 0 N–H and O–H groups in total. The molecule has 0 radical (unpaired) electrons. The Bertz CT molecular complexity index is 514. The molecule has 0 aliphatic carbocycles. The van der Waals surface area contributed by atoms with Crippen molar-refractivity contribution in [3.8, 4) is 0 Å². The van der Waals surface area contributed by atoms with Crippen LogP contribution in [0.2, 0.25) is 0 Å². The van der Waals surface area contributed by atoms with Gasteiger partial charge in [0.15, 0.2) is 0 Å². The van der Waals surface area contributed by atoms with Crippen molar-refractivity contribution in [1.82, 2.24) is 4.98 Å². The minimum absolute atomic E-state index is 0.895. The Morgan fingerprint density at radius 2 is 2.06 bits per heavy atom. The van der Waals surface area contributed by atoms with Crippen molar-refractivity contribution in [3.05, 3.63) is 59.8 Å². The first-order chi connectivity index (χ1) is 8.90. The number of pyridine rings is 1. The van der Waals surface area contributed by atoms with Gasteiger partial charge in [-0.2, -0.15) is 0 Å². The standard InChI is InChI=1S/C14H14N2OS/c1-17-16-10-13-8-5-9-15-14(13)18-11-12-6-3-2-4-7-12/h2-10H,11H2,1H3/b16-10+. The van der Waals surface area contributed by atoms with Crippen LogP contribution in [0.3, 0.4) is 0 Å². The lowest BCUT2D eigenvalue weighted by Gasteiger charge is -2.04. The zero-order valence-corrected chi connectivity index (χ0v) is 10.9. The average molecular weight is 258 g/mol. The van der Waals surface area contributed by atoms with Gasteiger partial charge in [-0.15, -0.1) is 11.8 Å². The summed E-state index contributed by atoms with van der Waals surface area (Å²) in [6.45, 7) is 0. The first-order valence-corrected chi connectivity index (χ1v) is 6.57. The molecule has 2 rings (SSSR count). The van der Waals surface area contributed by atoms with Crippen molar-refractivity contribution < 1.29 is 4.84 Å². The van der Waals surface area contributed by atoms with Gasteiger partial charge in [0.2, 0.25) is 0 Å². The fourth-order valence-corrected chi connectivity index (χ4v) is 2.38. The molecule has 0 saturated heterocycles. The fraction of sp³-hybridized carbons (Fsp3) is 0.143. The summed E-state index contributed by atoms with van der Waals surface area (Å²) in [4.78, 5) is 9.06. The zero-order valence-electron chi connectivity index (χ0n) is 10.1. The number of hydrogen-bond acceptors (Lipinski definition) is 4. The van der Waals surface area contributed by atoms with Gasteiger partial charge in [-0.3, -0.25) is 0 Å². The SMILES string of the molecule is CO/N=C/c1cccnc1SCc1ccccc1. The van der Waals surface area contributed by atoms with Gasteiger partial charge in [0.1, 0.15) is 12.1 Å². The normalized spacial score (nSPS) is 10.7. The molecule has 0 bridgehead atoms. The van der Waals surface area contributed by atoms with Crippen LogP contribution in [0.4, 0.5) is 0 Å². The Kier molecular flexibility index (Phi) is 4.78. The van der Waals surface area contributed by atoms with Gasteiger partial charge in [-0.05, 0) is 17.7 Å². The molecule has 3 nitrogen and oxygen atoms in total. The van der Waals surface area contributed by atoms with Gasteiger partial charge in [-0.25, -0.2) is 4.98 Å². The topological polar surface area (TPSA) is 34.5 Å². The molecule has 1 aromatic carbocycles. The van der Waals surface area contributed by atoms with Crippen LogP contribution < -0.4 is 0 Å². The number of hydrogen-bond donors (Lipinski definition) is 0. The van der Waals surface area contributed by atoms with Crippen LogP contribution in [0.25, 0.3) is 0 Å². The molecule has 0 spiro atoms. The monoisotopic (exact) mass is 258 g/mol. The summed E-state index contributed by atoms with van der Waals surface area (Å²) in [6.07, 6.45) is 3.47. The van der Waals surface area contributed by atoms with Gasteiger partial charge >= 0.3 is 0 Å². The molecule has 0 aliphatic rings. The van der Waals surface area contributed by atoms with E-state index in [4.69, 9.17) is 4.84 Å². The molecule has 1 heterocycles. The molecule has 0 atom stereocenters. The Labute approximate surface area is 111 Å². The van der Waals surface area contributed by atoms with E-state index < -0.39 is 0 Å². The first kappa shape index (κ1) is 12.6. The summed E-state index contributed by atoms with van der Waals surface area (Å²) in [6, 6.07) is 14.2. The molecular weight excluding hydrogens is 244 g/mol. The molecular formula is C14H14N2OS. The third-order valence-corrected chi connectivity index (χ3v) is 3.41. The van der Waals surface area contributed by atoms with E-state index in [-0.39, 0.29) is 0 Å². The molecule has 0 amide bonds. The van der Waals surface area contributed by atoms with E-state index in [0.29, 0.717) is 0 Å². The lowest BCUT2D eigenvalue weighted by Crippen LogP contribution is -1.91. The highest BCUT2D eigenvalue weighted by Gasteiger charge is 2.02. The van der Waals surface area contributed by atoms with E-state index in [1.54, 1.807) is 24.2 Å². The van der Waals surface area contributed by atoms with E-state index in [0.717, 1.165) is 16.3 Å². The predicted octanol–water partition coefficient (Wildman–Crippen LogP) is 3.35. The second kappa shape index (κ2) is 6.81. The maximum Gasteiger partial charge on any atom is 0.106 e. The second-order valence-electron chi connectivity index (χ2n) is 3.59. The van der Waals surface area contributed by atoms with Gasteiger partial charge < -0.3 is 4.84 Å². The van der Waals surface area contributed by atoms with Crippen LogP contribution in [-0.2, 0) is 10.6 Å². The predicted molar refractivity (Wildman–Crippen MR) is 74.8 cm³/mol. The molecule has 0 saturated carbocycles. The highest BCUT2D eigenvalue weighted by atomic mass is 32.2. The largest absolute Gasteiger partial charge is 0.399 e. The molecule has 18 heavy (non-hydrogen) atoms. The summed E-state index contributed by atoms with van der Waals surface area (Å²) in [5, 5.41) is 4.74. The lowest BCUT2D eigenvalue weighted by atomic mass is 10.2. The molecule has 2 aromatic rings. The molecule has 0 fully saturated rings. The molecule has 1 aromatic heterocycles. The van der Waals surface area contributed by atoms with Crippen molar-refractivity contribution in [2.75, 3.05) is 7.11 Å². The average Bonchev–Trinajstić information content (AvgIpc) is 2.45. The third kappa shape index (κ3) is 3.60. The minimum Gasteiger partial charge on any atom is -0.399 e. The number of oxime groups is 1. The number of nitrogens with zero attached hydrogens (tertiary/aromatic N) is 2. The Hall–Kier alpha value is -1.81. The second-order valence-corrected chi connectivity index (χ2v) is 4.55. The van der Waals surface area contributed by atoms with E-state index in [2.05, 4.69) is 22.3 Å². The zero-order chi connectivity index (χ0) is 12.6. The summed E-state index contributed by atoms with van der Waals surface area (Å²) in [7, 11) is 1.53. The van der Waals surface area contributed by atoms with Gasteiger partial charge in [0, 0.05) is 17.5 Å². The van der Waals surface area contributed by atoms with Crippen molar-refractivity contribution in [1.29, 1.82) is 0 Å². The van der Waals surface area contributed by atoms with Gasteiger partial charge in [0.05, 0.1) is 6.21 Å². The Morgan fingerprint density at radius 3 is 2.83 bits per heavy atom. The van der Waals surface area contributed by atoms with E-state index >= 15 is 0 Å². The van der Waals surface area contributed by atoms with Crippen molar-refractivity contribution in [3.63, 3.8) is 0 Å². The van der Waals surface area contributed by atoms with Crippen molar-refractivity contribution >= 4 is 18.0 Å². The molecule has 4 heteroatoms. The van der Waals surface area contributed by atoms with Crippen LogP contribution in [0.5, 0.6) is 0 Å². The quantitative estimate of drug-likeness (QED) is 0.468. The smallest absolute Gasteiger partial charge is 0.106 e. The first-order valence-electron chi connectivity index (χ1n) is 5.58. The number of aromatic nitrogens is 1. The van der Waals surface area contributed by atoms with E-state index in [1.165, 1.54) is 12.7 Å².